The van der Waals surface area contributed by atoms with E-state index in [1.807, 2.05) is 6.20 Å². The summed E-state index contributed by atoms with van der Waals surface area (Å²) >= 11 is 0. The van der Waals surface area contributed by atoms with Gasteiger partial charge in [-0.05, 0) is 37.4 Å². The maximum atomic E-state index is 4.56. The van der Waals surface area contributed by atoms with E-state index in [2.05, 4.69) is 50.3 Å². The van der Waals surface area contributed by atoms with Gasteiger partial charge in [-0.25, -0.2) is 0 Å². The van der Waals surface area contributed by atoms with Crippen LogP contribution in [0.4, 0.5) is 0 Å². The number of rotatable bonds is 8. The molecule has 2 atom stereocenters. The molecule has 0 radical (unpaired) electrons. The first-order chi connectivity index (χ1) is 8.71. The SMILES string of the molecule is CCCCC(C)C(Cc1ccc(CC)cn1)NC. The summed E-state index contributed by atoms with van der Waals surface area (Å²) in [4.78, 5) is 4.56. The Morgan fingerprint density at radius 3 is 2.56 bits per heavy atom. The zero-order valence-corrected chi connectivity index (χ0v) is 12.4. The lowest BCUT2D eigenvalue weighted by atomic mass is 9.92. The molecule has 2 unspecified atom stereocenters. The van der Waals surface area contributed by atoms with Crippen molar-refractivity contribution in [3.05, 3.63) is 29.6 Å². The van der Waals surface area contributed by atoms with Gasteiger partial charge >= 0.3 is 0 Å². The summed E-state index contributed by atoms with van der Waals surface area (Å²) in [6.07, 6.45) is 8.01. The highest BCUT2D eigenvalue weighted by Gasteiger charge is 2.15. The van der Waals surface area contributed by atoms with Crippen LogP contribution in [0.1, 0.15) is 51.3 Å². The van der Waals surface area contributed by atoms with Crippen LogP contribution in [0, 0.1) is 5.92 Å². The summed E-state index contributed by atoms with van der Waals surface area (Å²) in [5, 5.41) is 3.45. The minimum Gasteiger partial charge on any atom is -0.316 e. The molecule has 1 heterocycles. The topological polar surface area (TPSA) is 24.9 Å². The standard InChI is InChI=1S/C16H28N2/c1-5-7-8-13(3)16(17-4)11-15-10-9-14(6-2)12-18-15/h9-10,12-13,16-17H,5-8,11H2,1-4H3. The Kier molecular flexibility index (Phi) is 6.96. The molecular weight excluding hydrogens is 220 g/mol. The number of unbranched alkanes of at least 4 members (excludes halogenated alkanes) is 1. The molecule has 1 N–H and O–H groups in total. The number of aromatic nitrogens is 1. The van der Waals surface area contributed by atoms with Gasteiger partial charge in [-0.3, -0.25) is 4.98 Å². The highest BCUT2D eigenvalue weighted by molar-refractivity contribution is 5.14. The molecule has 0 bridgehead atoms. The Balaban J connectivity index is 2.55. The van der Waals surface area contributed by atoms with Crippen LogP contribution in [0.15, 0.2) is 18.3 Å². The third-order valence-electron chi connectivity index (χ3n) is 3.79. The van der Waals surface area contributed by atoms with Crippen LogP contribution in [-0.2, 0) is 12.8 Å². The first-order valence-electron chi connectivity index (χ1n) is 7.32. The first kappa shape index (κ1) is 15.2. The summed E-state index contributed by atoms with van der Waals surface area (Å²) in [6, 6.07) is 4.91. The number of pyridine rings is 1. The van der Waals surface area contributed by atoms with Gasteiger partial charge in [0.05, 0.1) is 0 Å². The van der Waals surface area contributed by atoms with E-state index in [1.165, 1.54) is 30.5 Å². The van der Waals surface area contributed by atoms with Crippen molar-refractivity contribution < 1.29 is 0 Å². The minimum atomic E-state index is 0.538. The molecule has 0 aliphatic rings. The number of nitrogens with zero attached hydrogens (tertiary/aromatic N) is 1. The maximum Gasteiger partial charge on any atom is 0.0419 e. The van der Waals surface area contributed by atoms with Crippen LogP contribution < -0.4 is 5.32 Å². The second kappa shape index (κ2) is 8.25. The van der Waals surface area contributed by atoms with Gasteiger partial charge in [0, 0.05) is 24.4 Å². The second-order valence-corrected chi connectivity index (χ2v) is 5.23. The van der Waals surface area contributed by atoms with Gasteiger partial charge in [-0.2, -0.15) is 0 Å². The van der Waals surface area contributed by atoms with E-state index < -0.39 is 0 Å². The van der Waals surface area contributed by atoms with Crippen LogP contribution in [0.3, 0.4) is 0 Å². The van der Waals surface area contributed by atoms with Crippen LogP contribution in [0.25, 0.3) is 0 Å². The average molecular weight is 248 g/mol. The average Bonchev–Trinajstić information content (AvgIpc) is 2.42. The molecule has 0 aliphatic heterocycles. The molecule has 1 aromatic heterocycles. The van der Waals surface area contributed by atoms with Gasteiger partial charge in [0.25, 0.3) is 0 Å². The summed E-state index contributed by atoms with van der Waals surface area (Å²) < 4.78 is 0. The Bertz CT molecular complexity index is 318. The molecule has 18 heavy (non-hydrogen) atoms. The van der Waals surface area contributed by atoms with Gasteiger partial charge in [-0.1, -0.05) is 39.7 Å². The molecule has 102 valence electrons. The lowest BCUT2D eigenvalue weighted by Crippen LogP contribution is -2.34. The molecule has 0 fully saturated rings. The number of nitrogens with one attached hydrogen (secondary N) is 1. The van der Waals surface area contributed by atoms with Gasteiger partial charge in [-0.15, -0.1) is 0 Å². The summed E-state index contributed by atoms with van der Waals surface area (Å²) in [5.74, 6) is 0.711. The van der Waals surface area contributed by atoms with E-state index in [1.54, 1.807) is 0 Å². The van der Waals surface area contributed by atoms with Crippen molar-refractivity contribution in [3.63, 3.8) is 0 Å². The van der Waals surface area contributed by atoms with Crippen molar-refractivity contribution in [2.24, 2.45) is 5.92 Å². The maximum absolute atomic E-state index is 4.56. The molecule has 0 saturated carbocycles. The summed E-state index contributed by atoms with van der Waals surface area (Å²) in [5.41, 5.74) is 2.52. The van der Waals surface area contributed by atoms with E-state index >= 15 is 0 Å². The van der Waals surface area contributed by atoms with Crippen LogP contribution in [0.2, 0.25) is 0 Å². The first-order valence-corrected chi connectivity index (χ1v) is 7.32. The van der Waals surface area contributed by atoms with Crippen LogP contribution in [0.5, 0.6) is 0 Å². The number of likely N-dealkylation sites (N-methyl/N-ethyl adjacent to an activating group) is 1. The zero-order valence-electron chi connectivity index (χ0n) is 12.4. The van der Waals surface area contributed by atoms with Gasteiger partial charge in [0.15, 0.2) is 0 Å². The highest BCUT2D eigenvalue weighted by atomic mass is 14.9. The molecule has 0 amide bonds. The lowest BCUT2D eigenvalue weighted by Gasteiger charge is -2.23. The fourth-order valence-corrected chi connectivity index (χ4v) is 2.33. The third-order valence-corrected chi connectivity index (χ3v) is 3.79. The van der Waals surface area contributed by atoms with Crippen molar-refractivity contribution in [2.75, 3.05) is 7.05 Å². The molecule has 0 aliphatic carbocycles. The molecule has 2 heteroatoms. The van der Waals surface area contributed by atoms with E-state index in [0.29, 0.717) is 12.0 Å². The lowest BCUT2D eigenvalue weighted by molar-refractivity contribution is 0.363. The van der Waals surface area contributed by atoms with Crippen molar-refractivity contribution in [1.82, 2.24) is 10.3 Å². The minimum absolute atomic E-state index is 0.538. The number of aryl methyl sites for hydroxylation is 1. The summed E-state index contributed by atoms with van der Waals surface area (Å²) in [7, 11) is 2.06. The monoisotopic (exact) mass is 248 g/mol. The van der Waals surface area contributed by atoms with Crippen molar-refractivity contribution in [1.29, 1.82) is 0 Å². The number of hydrogen-bond donors (Lipinski definition) is 1. The predicted octanol–water partition coefficient (Wildman–Crippen LogP) is 3.60. The molecule has 0 aromatic carbocycles. The Morgan fingerprint density at radius 1 is 1.28 bits per heavy atom. The van der Waals surface area contributed by atoms with E-state index in [4.69, 9.17) is 0 Å². The van der Waals surface area contributed by atoms with Crippen LogP contribution >= 0.6 is 0 Å². The molecule has 2 nitrogen and oxygen atoms in total. The molecule has 1 rings (SSSR count). The normalized spacial score (nSPS) is 14.4. The quantitative estimate of drug-likeness (QED) is 0.760. The molecule has 1 aromatic rings. The van der Waals surface area contributed by atoms with Gasteiger partial charge in [0.1, 0.15) is 0 Å². The Morgan fingerprint density at radius 2 is 2.06 bits per heavy atom. The van der Waals surface area contributed by atoms with Crippen molar-refractivity contribution >= 4 is 0 Å². The van der Waals surface area contributed by atoms with E-state index in [0.717, 1.165) is 12.8 Å². The third kappa shape index (κ3) is 4.77. The Labute approximate surface area is 112 Å². The molecular formula is C16H28N2. The van der Waals surface area contributed by atoms with Gasteiger partial charge < -0.3 is 5.32 Å². The molecule has 0 spiro atoms. The highest BCUT2D eigenvalue weighted by Crippen LogP contribution is 2.15. The fraction of sp³-hybridized carbons (Fsp3) is 0.688. The Hall–Kier alpha value is -0.890. The largest absolute Gasteiger partial charge is 0.316 e. The predicted molar refractivity (Wildman–Crippen MR) is 78.9 cm³/mol. The van der Waals surface area contributed by atoms with Gasteiger partial charge in [0.2, 0.25) is 0 Å². The zero-order chi connectivity index (χ0) is 13.4. The summed E-state index contributed by atoms with van der Waals surface area (Å²) in [6.45, 7) is 6.77. The van der Waals surface area contributed by atoms with Crippen LogP contribution in [-0.4, -0.2) is 18.1 Å². The number of hydrogen-bond acceptors (Lipinski definition) is 2. The van der Waals surface area contributed by atoms with E-state index in [-0.39, 0.29) is 0 Å². The molecule has 0 saturated heterocycles. The van der Waals surface area contributed by atoms with Crippen molar-refractivity contribution in [3.8, 4) is 0 Å². The fourth-order valence-electron chi connectivity index (χ4n) is 2.33. The smallest absolute Gasteiger partial charge is 0.0419 e. The van der Waals surface area contributed by atoms with E-state index in [9.17, 15) is 0 Å². The second-order valence-electron chi connectivity index (χ2n) is 5.23. The van der Waals surface area contributed by atoms with Crippen molar-refractivity contribution in [2.45, 2.75) is 58.9 Å².